The summed E-state index contributed by atoms with van der Waals surface area (Å²) in [6.07, 6.45) is 0.836. The van der Waals surface area contributed by atoms with Gasteiger partial charge in [-0.3, -0.25) is 9.59 Å². The van der Waals surface area contributed by atoms with Crippen molar-refractivity contribution in [3.63, 3.8) is 0 Å². The number of nitrogens with one attached hydrogen (secondary N) is 2. The van der Waals surface area contributed by atoms with Gasteiger partial charge < -0.3 is 20.2 Å². The van der Waals surface area contributed by atoms with Crippen LogP contribution in [0.4, 0.5) is 5.69 Å². The lowest BCUT2D eigenvalue weighted by atomic mass is 10.2. The Bertz CT molecular complexity index is 921. The minimum Gasteiger partial charge on any atom is -0.458 e. The Kier molecular flexibility index (Phi) is 6.33. The first-order chi connectivity index (χ1) is 13.1. The highest BCUT2D eigenvalue weighted by Gasteiger charge is 2.19. The van der Waals surface area contributed by atoms with Crippen molar-refractivity contribution in [1.29, 1.82) is 0 Å². The Labute approximate surface area is 164 Å². The molecule has 0 aliphatic carbocycles. The number of hydrogen-bond donors (Lipinski definition) is 3. The van der Waals surface area contributed by atoms with Gasteiger partial charge >= 0.3 is 11.8 Å². The Morgan fingerprint density at radius 1 is 1.19 bits per heavy atom. The van der Waals surface area contributed by atoms with Crippen molar-refractivity contribution in [3.05, 3.63) is 59.0 Å². The number of carbonyl (C=O) groups is 2. The standard InChI is InChI=1S/C19H18N2O4S2/c1-26-17-5-3-2-4-13(17)21-19(24)18(23)20-10-14(22)16-7-6-15(25-16)12-8-9-27-11-12/h2-9,11,14,22H,10H2,1H3,(H,20,23)(H,21,24). The van der Waals surface area contributed by atoms with Crippen LogP contribution in [0, 0.1) is 0 Å². The van der Waals surface area contributed by atoms with E-state index in [4.69, 9.17) is 4.42 Å². The van der Waals surface area contributed by atoms with E-state index in [0.717, 1.165) is 10.5 Å². The van der Waals surface area contributed by atoms with Gasteiger partial charge in [0.1, 0.15) is 17.6 Å². The third-order valence-electron chi connectivity index (χ3n) is 3.78. The van der Waals surface area contributed by atoms with Crippen LogP contribution in [0.2, 0.25) is 0 Å². The lowest BCUT2D eigenvalue weighted by molar-refractivity contribution is -0.136. The summed E-state index contributed by atoms with van der Waals surface area (Å²) >= 11 is 3.01. The number of anilines is 1. The summed E-state index contributed by atoms with van der Waals surface area (Å²) in [4.78, 5) is 24.9. The molecular weight excluding hydrogens is 384 g/mol. The summed E-state index contributed by atoms with van der Waals surface area (Å²) in [5.74, 6) is -0.649. The quantitative estimate of drug-likeness (QED) is 0.433. The molecule has 140 valence electrons. The molecule has 2 aromatic heterocycles. The van der Waals surface area contributed by atoms with Gasteiger partial charge in [-0.25, -0.2) is 0 Å². The highest BCUT2D eigenvalue weighted by molar-refractivity contribution is 7.98. The van der Waals surface area contributed by atoms with Gasteiger partial charge in [-0.15, -0.1) is 11.8 Å². The van der Waals surface area contributed by atoms with Gasteiger partial charge in [0.25, 0.3) is 0 Å². The molecule has 6 nitrogen and oxygen atoms in total. The lowest BCUT2D eigenvalue weighted by Crippen LogP contribution is -2.37. The van der Waals surface area contributed by atoms with E-state index in [9.17, 15) is 14.7 Å². The summed E-state index contributed by atoms with van der Waals surface area (Å²) in [5.41, 5.74) is 1.49. The van der Waals surface area contributed by atoms with Crippen molar-refractivity contribution in [2.24, 2.45) is 0 Å². The Balaban J connectivity index is 1.54. The van der Waals surface area contributed by atoms with Crippen molar-refractivity contribution in [1.82, 2.24) is 5.32 Å². The van der Waals surface area contributed by atoms with E-state index in [2.05, 4.69) is 10.6 Å². The molecule has 3 rings (SSSR count). The number of aliphatic hydroxyl groups excluding tert-OH is 1. The second kappa shape index (κ2) is 8.90. The minimum absolute atomic E-state index is 0.132. The monoisotopic (exact) mass is 402 g/mol. The van der Waals surface area contributed by atoms with Crippen molar-refractivity contribution < 1.29 is 19.1 Å². The number of rotatable bonds is 6. The molecule has 3 N–H and O–H groups in total. The summed E-state index contributed by atoms with van der Waals surface area (Å²) in [6, 6.07) is 12.5. The predicted molar refractivity (Wildman–Crippen MR) is 107 cm³/mol. The normalized spacial score (nSPS) is 11.8. The summed E-state index contributed by atoms with van der Waals surface area (Å²) in [7, 11) is 0. The van der Waals surface area contributed by atoms with Crippen molar-refractivity contribution >= 4 is 40.6 Å². The van der Waals surface area contributed by atoms with Gasteiger partial charge in [-0.1, -0.05) is 12.1 Å². The van der Waals surface area contributed by atoms with E-state index in [1.165, 1.54) is 11.8 Å². The van der Waals surface area contributed by atoms with E-state index < -0.39 is 17.9 Å². The molecule has 1 atom stereocenters. The Morgan fingerprint density at radius 3 is 2.74 bits per heavy atom. The first kappa shape index (κ1) is 19.2. The van der Waals surface area contributed by atoms with Crippen LogP contribution in [0.25, 0.3) is 11.3 Å². The zero-order valence-corrected chi connectivity index (χ0v) is 16.1. The molecule has 2 amide bonds. The van der Waals surface area contributed by atoms with E-state index in [0.29, 0.717) is 17.2 Å². The number of para-hydroxylation sites is 1. The van der Waals surface area contributed by atoms with Crippen LogP contribution in [-0.2, 0) is 9.59 Å². The average molecular weight is 402 g/mol. The number of thiophene rings is 1. The van der Waals surface area contributed by atoms with Gasteiger partial charge in [0.05, 0.1) is 12.2 Å². The molecule has 0 radical (unpaired) electrons. The van der Waals surface area contributed by atoms with Crippen molar-refractivity contribution in [2.45, 2.75) is 11.0 Å². The fourth-order valence-electron chi connectivity index (χ4n) is 2.39. The molecule has 0 aliphatic heterocycles. The second-order valence-corrected chi connectivity index (χ2v) is 7.22. The molecule has 0 aliphatic rings. The van der Waals surface area contributed by atoms with Gasteiger partial charge in [0.15, 0.2) is 0 Å². The van der Waals surface area contributed by atoms with Crippen molar-refractivity contribution in [2.75, 3.05) is 18.1 Å². The van der Waals surface area contributed by atoms with E-state index in [1.54, 1.807) is 35.6 Å². The Morgan fingerprint density at radius 2 is 2.00 bits per heavy atom. The maximum atomic E-state index is 12.1. The largest absolute Gasteiger partial charge is 0.458 e. The zero-order chi connectivity index (χ0) is 19.2. The third kappa shape index (κ3) is 4.79. The van der Waals surface area contributed by atoms with Crippen LogP contribution in [0.3, 0.4) is 0 Å². The predicted octanol–water partition coefficient (Wildman–Crippen LogP) is 3.52. The molecule has 1 aromatic carbocycles. The van der Waals surface area contributed by atoms with Crippen LogP contribution in [0.15, 0.2) is 62.5 Å². The third-order valence-corrected chi connectivity index (χ3v) is 5.26. The van der Waals surface area contributed by atoms with Crippen molar-refractivity contribution in [3.8, 4) is 11.3 Å². The topological polar surface area (TPSA) is 91.6 Å². The van der Waals surface area contributed by atoms with Gasteiger partial charge in [0, 0.05) is 15.8 Å². The van der Waals surface area contributed by atoms with E-state index in [-0.39, 0.29) is 6.54 Å². The maximum absolute atomic E-state index is 12.1. The molecule has 0 saturated heterocycles. The maximum Gasteiger partial charge on any atom is 0.313 e. The molecule has 27 heavy (non-hydrogen) atoms. The van der Waals surface area contributed by atoms with Crippen LogP contribution in [0.1, 0.15) is 11.9 Å². The van der Waals surface area contributed by atoms with E-state index in [1.807, 2.05) is 35.2 Å². The first-order valence-corrected chi connectivity index (χ1v) is 10.3. The number of benzene rings is 1. The van der Waals surface area contributed by atoms with Crippen LogP contribution < -0.4 is 10.6 Å². The number of carbonyl (C=O) groups excluding carboxylic acids is 2. The number of thioether (sulfide) groups is 1. The van der Waals surface area contributed by atoms with Crippen LogP contribution in [0.5, 0.6) is 0 Å². The SMILES string of the molecule is CSc1ccccc1NC(=O)C(=O)NCC(O)c1ccc(-c2ccsc2)o1. The molecule has 8 heteroatoms. The molecule has 0 spiro atoms. The summed E-state index contributed by atoms with van der Waals surface area (Å²) in [6.45, 7) is -0.132. The highest BCUT2D eigenvalue weighted by atomic mass is 32.2. The number of aliphatic hydroxyl groups is 1. The smallest absolute Gasteiger partial charge is 0.313 e. The summed E-state index contributed by atoms with van der Waals surface area (Å²) in [5, 5.41) is 19.1. The molecule has 1 unspecified atom stereocenters. The van der Waals surface area contributed by atoms with Gasteiger partial charge in [-0.05, 0) is 42.0 Å². The van der Waals surface area contributed by atoms with Crippen LogP contribution in [-0.4, -0.2) is 29.7 Å². The lowest BCUT2D eigenvalue weighted by Gasteiger charge is -2.11. The summed E-state index contributed by atoms with van der Waals surface area (Å²) < 4.78 is 5.61. The minimum atomic E-state index is -1.05. The zero-order valence-electron chi connectivity index (χ0n) is 14.5. The van der Waals surface area contributed by atoms with Gasteiger partial charge in [0.2, 0.25) is 0 Å². The van der Waals surface area contributed by atoms with E-state index >= 15 is 0 Å². The van der Waals surface area contributed by atoms with Gasteiger partial charge in [-0.2, -0.15) is 11.3 Å². The Hall–Kier alpha value is -2.55. The fraction of sp³-hybridized carbons (Fsp3) is 0.158. The second-order valence-electron chi connectivity index (χ2n) is 5.59. The fourth-order valence-corrected chi connectivity index (χ4v) is 3.59. The molecule has 0 fully saturated rings. The molecule has 0 bridgehead atoms. The highest BCUT2D eigenvalue weighted by Crippen LogP contribution is 2.27. The number of amides is 2. The number of hydrogen-bond acceptors (Lipinski definition) is 6. The molecular formula is C19H18N2O4S2. The average Bonchev–Trinajstić information content (AvgIpc) is 3.37. The molecule has 0 saturated carbocycles. The molecule has 2 heterocycles. The number of furan rings is 1. The van der Waals surface area contributed by atoms with Crippen LogP contribution >= 0.6 is 23.1 Å². The molecule has 3 aromatic rings. The first-order valence-electron chi connectivity index (χ1n) is 8.11.